The molecule has 1 aromatic carbocycles. The first kappa shape index (κ1) is 14.5. The van der Waals surface area contributed by atoms with Crippen molar-refractivity contribution in [3.63, 3.8) is 0 Å². The van der Waals surface area contributed by atoms with Crippen LogP contribution >= 0.6 is 11.3 Å². The SMILES string of the molecule is O=C(O)c1nc(CCC(F)(F)F)sc1-c1ccccc1. The molecule has 1 heterocycles. The van der Waals surface area contributed by atoms with Crippen LogP contribution in [0.25, 0.3) is 10.4 Å². The first-order valence-corrected chi connectivity index (χ1v) is 6.53. The number of hydrogen-bond acceptors (Lipinski definition) is 3. The molecule has 2 aromatic rings. The van der Waals surface area contributed by atoms with Gasteiger partial charge in [-0.2, -0.15) is 13.2 Å². The first-order valence-electron chi connectivity index (χ1n) is 5.72. The van der Waals surface area contributed by atoms with Gasteiger partial charge in [-0.15, -0.1) is 11.3 Å². The Kier molecular flexibility index (Phi) is 4.08. The third-order valence-corrected chi connectivity index (χ3v) is 3.70. The van der Waals surface area contributed by atoms with E-state index in [4.69, 9.17) is 5.11 Å². The molecule has 0 fully saturated rings. The second-order valence-corrected chi connectivity index (χ2v) is 5.16. The highest BCUT2D eigenvalue weighted by molar-refractivity contribution is 7.15. The molecule has 0 radical (unpaired) electrons. The number of carboxylic acid groups (broad SMARTS) is 1. The number of benzene rings is 1. The second kappa shape index (κ2) is 5.62. The van der Waals surface area contributed by atoms with Crippen LogP contribution < -0.4 is 0 Å². The molecule has 7 heteroatoms. The Labute approximate surface area is 116 Å². The number of alkyl halides is 3. The van der Waals surface area contributed by atoms with Gasteiger partial charge < -0.3 is 5.11 Å². The van der Waals surface area contributed by atoms with Crippen LogP contribution in [-0.4, -0.2) is 22.2 Å². The molecular formula is C13H10F3NO2S. The normalized spacial score (nSPS) is 11.6. The number of aryl methyl sites for hydroxylation is 1. The Bertz CT molecular complexity index is 608. The van der Waals surface area contributed by atoms with Crippen molar-refractivity contribution < 1.29 is 23.1 Å². The Morgan fingerprint density at radius 3 is 2.45 bits per heavy atom. The van der Waals surface area contributed by atoms with Crippen LogP contribution in [0.15, 0.2) is 30.3 Å². The molecule has 0 atom stereocenters. The molecule has 1 aromatic heterocycles. The lowest BCUT2D eigenvalue weighted by atomic mass is 10.1. The standard InChI is InChI=1S/C13H10F3NO2S/c14-13(15,16)7-6-9-17-10(12(18)19)11(20-9)8-4-2-1-3-5-8/h1-5H,6-7H2,(H,18,19). The molecule has 1 N–H and O–H groups in total. The van der Waals surface area contributed by atoms with Gasteiger partial charge in [0.15, 0.2) is 5.69 Å². The fourth-order valence-corrected chi connectivity index (χ4v) is 2.71. The van der Waals surface area contributed by atoms with E-state index in [1.54, 1.807) is 30.3 Å². The van der Waals surface area contributed by atoms with E-state index in [1.807, 2.05) is 0 Å². The maximum atomic E-state index is 12.2. The molecule has 0 aliphatic carbocycles. The highest BCUT2D eigenvalue weighted by Crippen LogP contribution is 2.32. The third-order valence-electron chi connectivity index (χ3n) is 2.53. The number of aromatic carboxylic acids is 1. The number of hydrogen-bond donors (Lipinski definition) is 1. The predicted octanol–water partition coefficient (Wildman–Crippen LogP) is 4.00. The number of rotatable bonds is 4. The van der Waals surface area contributed by atoms with Crippen LogP contribution in [0.3, 0.4) is 0 Å². The van der Waals surface area contributed by atoms with Gasteiger partial charge in [-0.1, -0.05) is 30.3 Å². The number of carbonyl (C=O) groups is 1. The minimum Gasteiger partial charge on any atom is -0.476 e. The van der Waals surface area contributed by atoms with E-state index in [9.17, 15) is 18.0 Å². The minimum atomic E-state index is -4.28. The van der Waals surface area contributed by atoms with Crippen molar-refractivity contribution in [2.45, 2.75) is 19.0 Å². The monoisotopic (exact) mass is 301 g/mol. The van der Waals surface area contributed by atoms with E-state index >= 15 is 0 Å². The van der Waals surface area contributed by atoms with Gasteiger partial charge in [0.25, 0.3) is 0 Å². The van der Waals surface area contributed by atoms with Crippen molar-refractivity contribution in [1.29, 1.82) is 0 Å². The maximum Gasteiger partial charge on any atom is 0.389 e. The van der Waals surface area contributed by atoms with Gasteiger partial charge in [0.1, 0.15) is 0 Å². The first-order chi connectivity index (χ1) is 9.37. The number of aromatic nitrogens is 1. The molecule has 0 spiro atoms. The Morgan fingerprint density at radius 1 is 1.25 bits per heavy atom. The molecule has 0 unspecified atom stereocenters. The Balaban J connectivity index is 2.32. The van der Waals surface area contributed by atoms with Crippen LogP contribution in [0.1, 0.15) is 21.9 Å². The summed E-state index contributed by atoms with van der Waals surface area (Å²) in [6.07, 6.45) is -5.59. The fourth-order valence-electron chi connectivity index (χ4n) is 1.65. The number of halogens is 3. The van der Waals surface area contributed by atoms with E-state index in [2.05, 4.69) is 4.98 Å². The van der Waals surface area contributed by atoms with Crippen LogP contribution in [0.4, 0.5) is 13.2 Å². The molecule has 3 nitrogen and oxygen atoms in total. The molecule has 0 aliphatic heterocycles. The zero-order valence-electron chi connectivity index (χ0n) is 10.1. The molecule has 20 heavy (non-hydrogen) atoms. The Hall–Kier alpha value is -1.89. The number of nitrogens with zero attached hydrogens (tertiary/aromatic N) is 1. The summed E-state index contributed by atoms with van der Waals surface area (Å²) < 4.78 is 36.6. The lowest BCUT2D eigenvalue weighted by molar-refractivity contribution is -0.133. The molecular weight excluding hydrogens is 291 g/mol. The lowest BCUT2D eigenvalue weighted by Gasteiger charge is -2.02. The smallest absolute Gasteiger partial charge is 0.389 e. The van der Waals surface area contributed by atoms with Crippen molar-refractivity contribution in [3.05, 3.63) is 41.0 Å². The van der Waals surface area contributed by atoms with Crippen LogP contribution in [0.5, 0.6) is 0 Å². The maximum absolute atomic E-state index is 12.2. The molecule has 2 rings (SSSR count). The summed E-state index contributed by atoms with van der Waals surface area (Å²) in [6, 6.07) is 8.64. The van der Waals surface area contributed by atoms with Gasteiger partial charge in [0.2, 0.25) is 0 Å². The topological polar surface area (TPSA) is 50.2 Å². The zero-order valence-corrected chi connectivity index (χ0v) is 11.0. The van der Waals surface area contributed by atoms with Crippen molar-refractivity contribution in [2.24, 2.45) is 0 Å². The summed E-state index contributed by atoms with van der Waals surface area (Å²) in [7, 11) is 0. The van der Waals surface area contributed by atoms with Gasteiger partial charge in [0.05, 0.1) is 9.88 Å². The van der Waals surface area contributed by atoms with Crippen molar-refractivity contribution in [3.8, 4) is 10.4 Å². The third kappa shape index (κ3) is 3.57. The van der Waals surface area contributed by atoms with Gasteiger partial charge in [-0.3, -0.25) is 0 Å². The van der Waals surface area contributed by atoms with Crippen LogP contribution in [0, 0.1) is 0 Å². The largest absolute Gasteiger partial charge is 0.476 e. The van der Waals surface area contributed by atoms with Gasteiger partial charge in [0, 0.05) is 12.8 Å². The quantitative estimate of drug-likeness (QED) is 0.928. The molecule has 0 saturated carbocycles. The summed E-state index contributed by atoms with van der Waals surface area (Å²) in [5.41, 5.74) is 0.444. The summed E-state index contributed by atoms with van der Waals surface area (Å²) in [4.78, 5) is 15.3. The Morgan fingerprint density at radius 2 is 1.90 bits per heavy atom. The summed E-state index contributed by atoms with van der Waals surface area (Å²) in [5, 5.41) is 9.27. The van der Waals surface area contributed by atoms with E-state index in [1.165, 1.54) is 0 Å². The highest BCUT2D eigenvalue weighted by atomic mass is 32.1. The van der Waals surface area contributed by atoms with Gasteiger partial charge in [-0.05, 0) is 5.56 Å². The summed E-state index contributed by atoms with van der Waals surface area (Å²) in [6.45, 7) is 0. The van der Waals surface area contributed by atoms with Gasteiger partial charge in [-0.25, -0.2) is 9.78 Å². The minimum absolute atomic E-state index is 0.179. The average Bonchev–Trinajstić information content (AvgIpc) is 2.81. The molecule has 106 valence electrons. The number of carboxylic acids is 1. The number of thiazole rings is 1. The van der Waals surface area contributed by atoms with Crippen molar-refractivity contribution in [2.75, 3.05) is 0 Å². The molecule has 0 amide bonds. The van der Waals surface area contributed by atoms with E-state index < -0.39 is 18.6 Å². The van der Waals surface area contributed by atoms with E-state index in [-0.39, 0.29) is 17.1 Å². The van der Waals surface area contributed by atoms with Gasteiger partial charge >= 0.3 is 12.1 Å². The fraction of sp³-hybridized carbons (Fsp3) is 0.231. The van der Waals surface area contributed by atoms with Crippen molar-refractivity contribution >= 4 is 17.3 Å². The van der Waals surface area contributed by atoms with Crippen LogP contribution in [-0.2, 0) is 6.42 Å². The summed E-state index contributed by atoms with van der Waals surface area (Å²) >= 11 is 0.990. The lowest BCUT2D eigenvalue weighted by Crippen LogP contribution is -2.08. The molecule has 0 bridgehead atoms. The molecule has 0 saturated heterocycles. The zero-order chi connectivity index (χ0) is 14.8. The van der Waals surface area contributed by atoms with Crippen molar-refractivity contribution in [1.82, 2.24) is 4.98 Å². The summed E-state index contributed by atoms with van der Waals surface area (Å²) in [5.74, 6) is -1.24. The predicted molar refractivity (Wildman–Crippen MR) is 68.9 cm³/mol. The second-order valence-electron chi connectivity index (χ2n) is 4.07. The molecule has 0 aliphatic rings. The van der Waals surface area contributed by atoms with E-state index in [0.29, 0.717) is 10.4 Å². The highest BCUT2D eigenvalue weighted by Gasteiger charge is 2.28. The van der Waals surface area contributed by atoms with E-state index in [0.717, 1.165) is 11.3 Å². The van der Waals surface area contributed by atoms with Crippen LogP contribution in [0.2, 0.25) is 0 Å². The average molecular weight is 301 g/mol.